The van der Waals surface area contributed by atoms with Crippen LogP contribution in [0.1, 0.15) is 44.9 Å². The minimum absolute atomic E-state index is 0.395. The average molecular weight is 306 g/mol. The zero-order chi connectivity index (χ0) is 16.2. The number of hydrogen-bond donors (Lipinski definition) is 2. The minimum Gasteiger partial charge on any atom is -0.492 e. The third-order valence-electron chi connectivity index (χ3n) is 3.46. The number of alkyl carbamates (subject to hydrolysis) is 1. The molecule has 1 aromatic carbocycles. The Bertz CT molecular complexity index is 523. The van der Waals surface area contributed by atoms with Gasteiger partial charge in [-0.1, -0.05) is 6.07 Å². The molecule has 22 heavy (non-hydrogen) atoms. The lowest BCUT2D eigenvalue weighted by Gasteiger charge is -2.24. The maximum atomic E-state index is 11.5. The van der Waals surface area contributed by atoms with Crippen molar-refractivity contribution < 1.29 is 14.3 Å². The summed E-state index contributed by atoms with van der Waals surface area (Å²) in [6.07, 6.45) is 0.606. The van der Waals surface area contributed by atoms with E-state index < -0.39 is 11.7 Å². The van der Waals surface area contributed by atoms with Crippen LogP contribution in [0, 0.1) is 0 Å². The summed E-state index contributed by atoms with van der Waals surface area (Å²) in [6, 6.07) is 6.59. The highest BCUT2D eigenvalue weighted by atomic mass is 16.6. The van der Waals surface area contributed by atoms with E-state index in [0.29, 0.717) is 19.2 Å². The fourth-order valence-electron chi connectivity index (χ4n) is 2.48. The van der Waals surface area contributed by atoms with Crippen LogP contribution in [0.25, 0.3) is 0 Å². The van der Waals surface area contributed by atoms with Crippen LogP contribution in [-0.4, -0.2) is 31.4 Å². The topological polar surface area (TPSA) is 59.6 Å². The van der Waals surface area contributed by atoms with Crippen molar-refractivity contribution in [1.29, 1.82) is 0 Å². The molecule has 0 bridgehead atoms. The highest BCUT2D eigenvalue weighted by Gasteiger charge is 2.17. The number of nitrogens with one attached hydrogen (secondary N) is 2. The molecular formula is C17H26N2O3. The third-order valence-corrected chi connectivity index (χ3v) is 3.46. The van der Waals surface area contributed by atoms with E-state index in [0.717, 1.165) is 18.7 Å². The van der Waals surface area contributed by atoms with E-state index in [1.54, 1.807) is 0 Å². The van der Waals surface area contributed by atoms with Gasteiger partial charge in [0.05, 0.1) is 6.54 Å². The van der Waals surface area contributed by atoms with Gasteiger partial charge in [0.1, 0.15) is 18.0 Å². The lowest BCUT2D eigenvalue weighted by Crippen LogP contribution is -2.34. The van der Waals surface area contributed by atoms with Crippen LogP contribution >= 0.6 is 0 Å². The number of amides is 1. The van der Waals surface area contributed by atoms with Crippen LogP contribution in [0.5, 0.6) is 5.75 Å². The first-order valence-corrected chi connectivity index (χ1v) is 7.81. The Morgan fingerprint density at radius 1 is 1.41 bits per heavy atom. The summed E-state index contributed by atoms with van der Waals surface area (Å²) < 4.78 is 10.9. The molecule has 5 nitrogen and oxygen atoms in total. The Kier molecular flexibility index (Phi) is 5.29. The van der Waals surface area contributed by atoms with Crippen molar-refractivity contribution in [2.45, 2.75) is 45.8 Å². The smallest absolute Gasteiger partial charge is 0.407 e. The standard InChI is InChI=1S/C17H26N2O3/c1-12-15-6-5-14(11-13(15)7-8-18-12)21-10-9-19-16(20)22-17(2,3)4/h5-6,11-12,18H,7-10H2,1-4H3,(H,19,20). The summed E-state index contributed by atoms with van der Waals surface area (Å²) in [4.78, 5) is 11.5. The van der Waals surface area contributed by atoms with Gasteiger partial charge in [-0.25, -0.2) is 4.79 Å². The van der Waals surface area contributed by atoms with Gasteiger partial charge >= 0.3 is 6.09 Å². The van der Waals surface area contributed by atoms with Gasteiger partial charge in [0.25, 0.3) is 0 Å². The number of hydrogen-bond acceptors (Lipinski definition) is 4. The second-order valence-electron chi connectivity index (χ2n) is 6.56. The van der Waals surface area contributed by atoms with E-state index in [9.17, 15) is 4.79 Å². The van der Waals surface area contributed by atoms with Crippen molar-refractivity contribution in [2.75, 3.05) is 19.7 Å². The molecule has 1 aliphatic rings. The van der Waals surface area contributed by atoms with Gasteiger partial charge in [0, 0.05) is 6.04 Å². The van der Waals surface area contributed by atoms with Gasteiger partial charge in [-0.2, -0.15) is 0 Å². The summed E-state index contributed by atoms with van der Waals surface area (Å²) in [5, 5.41) is 6.12. The molecule has 0 saturated carbocycles. The van der Waals surface area contributed by atoms with E-state index >= 15 is 0 Å². The number of carbonyl (C=O) groups excluding carboxylic acids is 1. The van der Waals surface area contributed by atoms with Crippen molar-refractivity contribution >= 4 is 6.09 Å². The first-order chi connectivity index (χ1) is 10.3. The molecule has 0 radical (unpaired) electrons. The maximum absolute atomic E-state index is 11.5. The van der Waals surface area contributed by atoms with Gasteiger partial charge in [-0.15, -0.1) is 0 Å². The van der Waals surface area contributed by atoms with Crippen LogP contribution < -0.4 is 15.4 Å². The Hall–Kier alpha value is -1.75. The van der Waals surface area contributed by atoms with E-state index in [1.807, 2.05) is 26.8 Å². The molecule has 2 rings (SSSR count). The number of carbonyl (C=O) groups is 1. The van der Waals surface area contributed by atoms with E-state index in [2.05, 4.69) is 29.7 Å². The molecule has 0 spiro atoms. The summed E-state index contributed by atoms with van der Waals surface area (Å²) in [6.45, 7) is 9.53. The monoisotopic (exact) mass is 306 g/mol. The van der Waals surface area contributed by atoms with Gasteiger partial charge < -0.3 is 20.1 Å². The van der Waals surface area contributed by atoms with E-state index in [1.165, 1.54) is 11.1 Å². The van der Waals surface area contributed by atoms with Crippen molar-refractivity contribution in [1.82, 2.24) is 10.6 Å². The Labute approximate surface area is 132 Å². The molecule has 1 heterocycles. The molecule has 0 fully saturated rings. The SMILES string of the molecule is CC1NCCc2cc(OCCNC(=O)OC(C)(C)C)ccc21. The van der Waals surface area contributed by atoms with Gasteiger partial charge in [-0.3, -0.25) is 0 Å². The molecule has 1 unspecified atom stereocenters. The normalized spacial score (nSPS) is 17.5. The average Bonchev–Trinajstić information content (AvgIpc) is 2.42. The molecule has 1 aliphatic heterocycles. The van der Waals surface area contributed by atoms with E-state index in [-0.39, 0.29) is 0 Å². The molecule has 5 heteroatoms. The third kappa shape index (κ3) is 4.91. The lowest BCUT2D eigenvalue weighted by molar-refractivity contribution is 0.0520. The lowest BCUT2D eigenvalue weighted by atomic mass is 9.95. The van der Waals surface area contributed by atoms with Gasteiger partial charge in [0.2, 0.25) is 0 Å². The predicted molar refractivity (Wildman–Crippen MR) is 86.3 cm³/mol. The fourth-order valence-corrected chi connectivity index (χ4v) is 2.48. The number of fused-ring (bicyclic) bond motifs is 1. The van der Waals surface area contributed by atoms with E-state index in [4.69, 9.17) is 9.47 Å². The Balaban J connectivity index is 1.77. The molecule has 1 aromatic rings. The second-order valence-corrected chi connectivity index (χ2v) is 6.56. The van der Waals surface area contributed by atoms with Gasteiger partial charge in [-0.05, 0) is 63.9 Å². The Morgan fingerprint density at radius 3 is 2.91 bits per heavy atom. The van der Waals surface area contributed by atoms with Crippen LogP contribution in [0.4, 0.5) is 4.79 Å². The summed E-state index contributed by atoms with van der Waals surface area (Å²) in [5.74, 6) is 0.846. The zero-order valence-electron chi connectivity index (χ0n) is 13.9. The van der Waals surface area contributed by atoms with Crippen LogP contribution in [0.3, 0.4) is 0 Å². The second kappa shape index (κ2) is 7.01. The quantitative estimate of drug-likeness (QED) is 0.840. The van der Waals surface area contributed by atoms with Crippen molar-refractivity contribution in [3.63, 3.8) is 0 Å². The molecule has 0 aliphatic carbocycles. The molecule has 2 N–H and O–H groups in total. The highest BCUT2D eigenvalue weighted by molar-refractivity contribution is 5.67. The van der Waals surface area contributed by atoms with Crippen molar-refractivity contribution in [3.05, 3.63) is 29.3 Å². The largest absolute Gasteiger partial charge is 0.492 e. The maximum Gasteiger partial charge on any atom is 0.407 e. The first kappa shape index (κ1) is 16.6. The molecule has 1 amide bonds. The number of benzene rings is 1. The minimum atomic E-state index is -0.478. The predicted octanol–water partition coefficient (Wildman–Crippen LogP) is 2.80. The molecule has 0 aromatic heterocycles. The van der Waals surface area contributed by atoms with Gasteiger partial charge in [0.15, 0.2) is 0 Å². The summed E-state index contributed by atoms with van der Waals surface area (Å²) in [7, 11) is 0. The van der Waals surface area contributed by atoms with Crippen molar-refractivity contribution in [2.24, 2.45) is 0 Å². The van der Waals surface area contributed by atoms with Crippen LogP contribution in [0.15, 0.2) is 18.2 Å². The van der Waals surface area contributed by atoms with Crippen LogP contribution in [-0.2, 0) is 11.2 Å². The molecule has 0 saturated heterocycles. The number of ether oxygens (including phenoxy) is 2. The molecular weight excluding hydrogens is 280 g/mol. The van der Waals surface area contributed by atoms with Crippen molar-refractivity contribution in [3.8, 4) is 5.75 Å². The zero-order valence-corrected chi connectivity index (χ0v) is 13.9. The fraction of sp³-hybridized carbons (Fsp3) is 0.588. The first-order valence-electron chi connectivity index (χ1n) is 7.81. The highest BCUT2D eigenvalue weighted by Crippen LogP contribution is 2.26. The van der Waals surface area contributed by atoms with Crippen LogP contribution in [0.2, 0.25) is 0 Å². The Morgan fingerprint density at radius 2 is 2.18 bits per heavy atom. The molecule has 122 valence electrons. The summed E-state index contributed by atoms with van der Waals surface area (Å²) >= 11 is 0. The summed E-state index contributed by atoms with van der Waals surface area (Å²) in [5.41, 5.74) is 2.20. The molecule has 1 atom stereocenters. The number of rotatable bonds is 4.